The second kappa shape index (κ2) is 14.1. The molecule has 4 atom stereocenters. The Hall–Kier alpha value is -2.29. The van der Waals surface area contributed by atoms with E-state index in [2.05, 4.69) is 58.2 Å². The van der Waals surface area contributed by atoms with Crippen molar-refractivity contribution in [1.82, 2.24) is 19.6 Å². The van der Waals surface area contributed by atoms with Crippen LogP contribution in [0.3, 0.4) is 0 Å². The molecule has 2 heterocycles. The molecule has 4 aliphatic carbocycles. The van der Waals surface area contributed by atoms with E-state index in [1.165, 1.54) is 18.5 Å². The number of hydrogen-bond donors (Lipinski definition) is 0. The largest absolute Gasteiger partial charge is 0.461 e. The zero-order chi connectivity index (χ0) is 35.1. The summed E-state index contributed by atoms with van der Waals surface area (Å²) in [5, 5.41) is 9.27. The Morgan fingerprint density at radius 2 is 1.27 bits per heavy atom. The minimum atomic E-state index is -1.11. The number of esters is 2. The fourth-order valence-corrected chi connectivity index (χ4v) is 8.75. The van der Waals surface area contributed by atoms with E-state index in [-0.39, 0.29) is 11.9 Å². The van der Waals surface area contributed by atoms with Gasteiger partial charge in [0, 0.05) is 46.2 Å². The number of carbonyl (C=O) groups is 2. The molecule has 2 aromatic rings. The summed E-state index contributed by atoms with van der Waals surface area (Å²) in [6, 6.07) is 2.25. The summed E-state index contributed by atoms with van der Waals surface area (Å²) in [5.41, 5.74) is 6.38. The molecular weight excluding hydrogens is 641 g/mol. The zero-order valence-corrected chi connectivity index (χ0v) is 33.3. The van der Waals surface area contributed by atoms with Gasteiger partial charge in [-0.15, -0.1) is 0 Å². The number of ether oxygens (including phenoxy) is 4. The maximum absolute atomic E-state index is 12.5. The number of fused-ring (bicyclic) bond motifs is 4. The van der Waals surface area contributed by atoms with Gasteiger partial charge in [-0.1, -0.05) is 53.1 Å². The molecule has 268 valence electrons. The minimum Gasteiger partial charge on any atom is -0.461 e. The van der Waals surface area contributed by atoms with Crippen molar-refractivity contribution in [1.29, 1.82) is 0 Å². The van der Waals surface area contributed by atoms with Crippen LogP contribution < -0.4 is 0 Å². The topological polar surface area (TPSA) is 107 Å². The molecule has 2 saturated carbocycles. The fraction of sp³-hybridized carbons (Fsp3) is 0.778. The number of hydrogen-bond acceptors (Lipinski definition) is 8. The lowest BCUT2D eigenvalue weighted by Crippen LogP contribution is -2.23. The molecule has 6 rings (SSSR count). The molecule has 12 heteroatoms. The first kappa shape index (κ1) is 37.0. The summed E-state index contributed by atoms with van der Waals surface area (Å²) in [5.74, 6) is 0.843. The first-order valence-electron chi connectivity index (χ1n) is 18.1. The molecule has 0 amide bonds. The lowest BCUT2D eigenvalue weighted by atomic mass is 9.87. The highest BCUT2D eigenvalue weighted by atomic mass is 28.3. The van der Waals surface area contributed by atoms with Crippen molar-refractivity contribution in [2.24, 2.45) is 22.7 Å². The van der Waals surface area contributed by atoms with Crippen LogP contribution in [0.2, 0.25) is 51.4 Å². The summed E-state index contributed by atoms with van der Waals surface area (Å²) in [6.07, 6.45) is 6.38. The summed E-state index contributed by atoms with van der Waals surface area (Å²) >= 11 is 0. The van der Waals surface area contributed by atoms with Gasteiger partial charge in [-0.2, -0.15) is 10.2 Å². The van der Waals surface area contributed by atoms with Crippen molar-refractivity contribution in [3.63, 3.8) is 0 Å². The summed E-state index contributed by atoms with van der Waals surface area (Å²) in [6.45, 7) is 25.4. The quantitative estimate of drug-likeness (QED) is 0.118. The van der Waals surface area contributed by atoms with Gasteiger partial charge in [0.1, 0.15) is 13.5 Å². The Morgan fingerprint density at radius 1 is 0.750 bits per heavy atom. The number of nitrogens with zero attached hydrogens (tertiary/aromatic N) is 4. The molecule has 0 N–H and O–H groups in total. The fourth-order valence-electron chi connectivity index (χ4n) is 7.24. The zero-order valence-electron chi connectivity index (χ0n) is 31.3. The highest BCUT2D eigenvalue weighted by molar-refractivity contribution is 6.76. The average Bonchev–Trinajstić information content (AvgIpc) is 3.74. The van der Waals surface area contributed by atoms with Crippen molar-refractivity contribution in [2.75, 3.05) is 26.4 Å². The van der Waals surface area contributed by atoms with Crippen LogP contribution in [0, 0.1) is 22.7 Å². The van der Waals surface area contributed by atoms with E-state index in [1.54, 1.807) is 4.68 Å². The van der Waals surface area contributed by atoms with E-state index in [0.717, 1.165) is 67.8 Å². The Balaban J connectivity index is 0.000000188. The van der Waals surface area contributed by atoms with Crippen molar-refractivity contribution < 1.29 is 28.5 Å². The number of carbonyl (C=O) groups excluding carboxylic acids is 2. The maximum Gasteiger partial charge on any atom is 0.359 e. The van der Waals surface area contributed by atoms with Crippen molar-refractivity contribution in [3.05, 3.63) is 33.9 Å². The standard InChI is InChI=1S/2C18H30N2O3Si/c1-6-23-17(21)16-14-9-13-10-18(13,2)11-15(14)20(19-16)12-22-7-8-24(3,4)5;1-6-23-17(21)16-14-9-13-10-18(13,2)11-15(14)19-20(16)12-22-7-8-24(3,4)5/h2*13H,6-12H2,1-5H3/t2*13-,18-/m11/s1. The highest BCUT2D eigenvalue weighted by Gasteiger charge is 2.55. The third-order valence-electron chi connectivity index (χ3n) is 10.8. The second-order valence-electron chi connectivity index (χ2n) is 17.6. The summed E-state index contributed by atoms with van der Waals surface area (Å²) in [7, 11) is -2.20. The van der Waals surface area contributed by atoms with Crippen LogP contribution in [-0.4, -0.2) is 74.1 Å². The van der Waals surface area contributed by atoms with Gasteiger partial charge in [0.2, 0.25) is 0 Å². The first-order valence-corrected chi connectivity index (χ1v) is 25.5. The van der Waals surface area contributed by atoms with Gasteiger partial charge in [-0.05, 0) is 87.1 Å². The normalized spacial score (nSPS) is 25.1. The predicted molar refractivity (Wildman–Crippen MR) is 192 cm³/mol. The molecule has 10 nitrogen and oxygen atoms in total. The molecule has 0 spiro atoms. The number of aromatic nitrogens is 4. The van der Waals surface area contributed by atoms with E-state index in [9.17, 15) is 9.59 Å². The van der Waals surface area contributed by atoms with Crippen LogP contribution >= 0.6 is 0 Å². The third-order valence-corrected chi connectivity index (χ3v) is 14.2. The SMILES string of the molecule is CCOC(=O)c1c2c(nn1COCC[Si](C)(C)C)C[C@@]1(C)C[C@H]1C2.CCOC(=O)c1nn(COCC[Si](C)(C)C)c2c1C[C@@H]1C[C@]1(C)C2. The van der Waals surface area contributed by atoms with Crippen LogP contribution in [0.5, 0.6) is 0 Å². The molecule has 2 aromatic heterocycles. The predicted octanol–water partition coefficient (Wildman–Crippen LogP) is 6.99. The maximum atomic E-state index is 12.5. The Bertz CT molecular complexity index is 1490. The minimum absolute atomic E-state index is 0.260. The number of rotatable bonds is 14. The lowest BCUT2D eigenvalue weighted by molar-refractivity contribution is 0.0452. The van der Waals surface area contributed by atoms with Crippen LogP contribution in [-0.2, 0) is 58.1 Å². The van der Waals surface area contributed by atoms with Gasteiger partial charge in [-0.3, -0.25) is 0 Å². The molecule has 2 fully saturated rings. The van der Waals surface area contributed by atoms with Crippen LogP contribution in [0.1, 0.15) is 84.0 Å². The Kier molecular flexibility index (Phi) is 10.9. The highest BCUT2D eigenvalue weighted by Crippen LogP contribution is 2.60. The molecule has 0 aliphatic heterocycles. The molecule has 48 heavy (non-hydrogen) atoms. The molecule has 0 saturated heterocycles. The van der Waals surface area contributed by atoms with Gasteiger partial charge in [0.25, 0.3) is 0 Å². The molecular formula is C36H60N4O6Si2. The van der Waals surface area contributed by atoms with E-state index in [4.69, 9.17) is 24.0 Å². The van der Waals surface area contributed by atoms with E-state index < -0.39 is 16.1 Å². The average molecular weight is 701 g/mol. The smallest absolute Gasteiger partial charge is 0.359 e. The summed E-state index contributed by atoms with van der Waals surface area (Å²) < 4.78 is 25.8. The summed E-state index contributed by atoms with van der Waals surface area (Å²) in [4.78, 5) is 24.7. The van der Waals surface area contributed by atoms with Crippen LogP contribution in [0.4, 0.5) is 0 Å². The van der Waals surface area contributed by atoms with Crippen molar-refractivity contribution in [2.45, 2.75) is 131 Å². The Morgan fingerprint density at radius 3 is 1.83 bits per heavy atom. The van der Waals surface area contributed by atoms with E-state index in [1.807, 2.05) is 18.5 Å². The van der Waals surface area contributed by atoms with Gasteiger partial charge >= 0.3 is 11.9 Å². The van der Waals surface area contributed by atoms with Crippen LogP contribution in [0.15, 0.2) is 0 Å². The van der Waals surface area contributed by atoms with E-state index >= 15 is 0 Å². The Labute approximate surface area is 289 Å². The van der Waals surface area contributed by atoms with Gasteiger partial charge < -0.3 is 18.9 Å². The molecule has 0 bridgehead atoms. The molecule has 0 radical (unpaired) electrons. The molecule has 4 aliphatic rings. The third kappa shape index (κ3) is 8.71. The molecule has 0 aromatic carbocycles. The second-order valence-corrected chi connectivity index (χ2v) is 28.8. The van der Waals surface area contributed by atoms with E-state index in [0.29, 0.717) is 60.7 Å². The van der Waals surface area contributed by atoms with Gasteiger partial charge in [0.15, 0.2) is 11.4 Å². The van der Waals surface area contributed by atoms with Crippen LogP contribution in [0.25, 0.3) is 0 Å². The van der Waals surface area contributed by atoms with Crippen molar-refractivity contribution >= 4 is 28.1 Å². The van der Waals surface area contributed by atoms with Gasteiger partial charge in [-0.25, -0.2) is 19.0 Å². The van der Waals surface area contributed by atoms with Crippen molar-refractivity contribution in [3.8, 4) is 0 Å². The molecule has 0 unspecified atom stereocenters. The lowest BCUT2D eigenvalue weighted by Gasteiger charge is -2.20. The monoisotopic (exact) mass is 700 g/mol. The first-order chi connectivity index (χ1) is 22.5. The van der Waals surface area contributed by atoms with Gasteiger partial charge in [0.05, 0.1) is 18.9 Å².